The summed E-state index contributed by atoms with van der Waals surface area (Å²) in [4.78, 5) is 0. The minimum absolute atomic E-state index is 0.340. The van der Waals surface area contributed by atoms with Crippen LogP contribution in [0.4, 0.5) is 8.78 Å². The van der Waals surface area contributed by atoms with Crippen molar-refractivity contribution in [3.05, 3.63) is 34.9 Å². The third-order valence-electron chi connectivity index (χ3n) is 2.07. The van der Waals surface area contributed by atoms with Gasteiger partial charge in [0.2, 0.25) is 0 Å². The van der Waals surface area contributed by atoms with E-state index in [4.69, 9.17) is 0 Å². The van der Waals surface area contributed by atoms with E-state index in [0.29, 0.717) is 17.7 Å². The van der Waals surface area contributed by atoms with E-state index in [1.165, 1.54) is 12.1 Å². The van der Waals surface area contributed by atoms with Crippen LogP contribution in [0.25, 0.3) is 0 Å². The molecule has 0 unspecified atom stereocenters. The van der Waals surface area contributed by atoms with Gasteiger partial charge in [-0.3, -0.25) is 0 Å². The van der Waals surface area contributed by atoms with Gasteiger partial charge in [0.15, 0.2) is 0 Å². The highest BCUT2D eigenvalue weighted by Crippen LogP contribution is 2.13. The number of nitrogens with one attached hydrogen (secondary N) is 1. The topological polar surface area (TPSA) is 12.0 Å². The molecule has 78 valence electrons. The Morgan fingerprint density at radius 1 is 1.21 bits per heavy atom. The predicted octanol–water partition coefficient (Wildman–Crippen LogP) is 2.77. The molecule has 3 heteroatoms. The number of hydrogen-bond donors (Lipinski definition) is 1. The summed E-state index contributed by atoms with van der Waals surface area (Å²) in [5.41, 5.74) is 0.739. The summed E-state index contributed by atoms with van der Waals surface area (Å²) in [5.74, 6) is -0.688. The first-order valence-electron chi connectivity index (χ1n) is 4.80. The standard InChI is InChI=1S/C11H15F2N/c1-3-4-14-7-9-6-10(12)8(2)5-11(9)13/h5-6,14H,3-4,7H2,1-2H3. The smallest absolute Gasteiger partial charge is 0.128 e. The van der Waals surface area contributed by atoms with Crippen molar-refractivity contribution in [2.45, 2.75) is 26.8 Å². The summed E-state index contributed by atoms with van der Waals surface area (Å²) in [7, 11) is 0. The molecule has 0 atom stereocenters. The molecule has 1 nitrogen and oxygen atoms in total. The second-order valence-corrected chi connectivity index (χ2v) is 3.37. The summed E-state index contributed by atoms with van der Waals surface area (Å²) in [6.07, 6.45) is 0.982. The van der Waals surface area contributed by atoms with E-state index in [0.717, 1.165) is 13.0 Å². The summed E-state index contributed by atoms with van der Waals surface area (Å²) < 4.78 is 26.3. The van der Waals surface area contributed by atoms with Crippen LogP contribution in [-0.2, 0) is 6.54 Å². The lowest BCUT2D eigenvalue weighted by Crippen LogP contribution is -2.15. The fourth-order valence-corrected chi connectivity index (χ4v) is 1.22. The summed E-state index contributed by atoms with van der Waals surface area (Å²) in [6.45, 7) is 4.78. The van der Waals surface area contributed by atoms with Gasteiger partial charge in [-0.1, -0.05) is 6.92 Å². The molecular formula is C11H15F2N. The average Bonchev–Trinajstić information content (AvgIpc) is 2.14. The molecule has 1 N–H and O–H groups in total. The highest BCUT2D eigenvalue weighted by Gasteiger charge is 2.06. The van der Waals surface area contributed by atoms with Crippen molar-refractivity contribution in [1.29, 1.82) is 0 Å². The Labute approximate surface area is 83.1 Å². The van der Waals surface area contributed by atoms with Gasteiger partial charge in [0.1, 0.15) is 11.6 Å². The fourth-order valence-electron chi connectivity index (χ4n) is 1.22. The zero-order valence-electron chi connectivity index (χ0n) is 8.53. The zero-order chi connectivity index (χ0) is 10.6. The quantitative estimate of drug-likeness (QED) is 0.735. The third kappa shape index (κ3) is 2.77. The number of halogens is 2. The second-order valence-electron chi connectivity index (χ2n) is 3.37. The molecular weight excluding hydrogens is 184 g/mol. The third-order valence-corrected chi connectivity index (χ3v) is 2.07. The van der Waals surface area contributed by atoms with Crippen LogP contribution in [0.15, 0.2) is 12.1 Å². The average molecular weight is 199 g/mol. The van der Waals surface area contributed by atoms with E-state index in [-0.39, 0.29) is 11.6 Å². The van der Waals surface area contributed by atoms with Crippen LogP contribution in [0.5, 0.6) is 0 Å². The molecule has 0 amide bonds. The van der Waals surface area contributed by atoms with Crippen LogP contribution in [0, 0.1) is 18.6 Å². The Hall–Kier alpha value is -0.960. The maximum absolute atomic E-state index is 13.3. The lowest BCUT2D eigenvalue weighted by molar-refractivity contribution is 0.563. The number of hydrogen-bond acceptors (Lipinski definition) is 1. The van der Waals surface area contributed by atoms with Gasteiger partial charge in [-0.25, -0.2) is 8.78 Å². The number of rotatable bonds is 4. The van der Waals surface area contributed by atoms with Gasteiger partial charge >= 0.3 is 0 Å². The molecule has 0 fully saturated rings. The first kappa shape index (κ1) is 11.1. The van der Waals surface area contributed by atoms with E-state index in [2.05, 4.69) is 5.32 Å². The summed E-state index contributed by atoms with van der Waals surface area (Å²) in [5, 5.41) is 3.03. The molecule has 1 rings (SSSR count). The molecule has 0 radical (unpaired) electrons. The van der Waals surface area contributed by atoms with Gasteiger partial charge in [0.25, 0.3) is 0 Å². The van der Waals surface area contributed by atoms with Crippen LogP contribution in [0.3, 0.4) is 0 Å². The van der Waals surface area contributed by atoms with E-state index in [1.54, 1.807) is 6.92 Å². The zero-order valence-corrected chi connectivity index (χ0v) is 8.53. The molecule has 0 aliphatic rings. The van der Waals surface area contributed by atoms with Crippen LogP contribution >= 0.6 is 0 Å². The maximum atomic E-state index is 13.3. The van der Waals surface area contributed by atoms with E-state index < -0.39 is 0 Å². The summed E-state index contributed by atoms with van der Waals surface area (Å²) in [6, 6.07) is 2.49. The normalized spacial score (nSPS) is 10.6. The van der Waals surface area contributed by atoms with Crippen molar-refractivity contribution in [2.75, 3.05) is 6.54 Å². The maximum Gasteiger partial charge on any atom is 0.128 e. The highest BCUT2D eigenvalue weighted by molar-refractivity contribution is 5.25. The SMILES string of the molecule is CCCNCc1cc(F)c(C)cc1F. The molecule has 0 saturated carbocycles. The van der Waals surface area contributed by atoms with Crippen molar-refractivity contribution in [2.24, 2.45) is 0 Å². The van der Waals surface area contributed by atoms with Gasteiger partial charge in [-0.05, 0) is 37.6 Å². The van der Waals surface area contributed by atoms with Crippen molar-refractivity contribution in [3.63, 3.8) is 0 Å². The van der Waals surface area contributed by atoms with Crippen LogP contribution in [-0.4, -0.2) is 6.54 Å². The minimum atomic E-state index is -0.348. The van der Waals surface area contributed by atoms with Gasteiger partial charge in [0, 0.05) is 12.1 Å². The Balaban J connectivity index is 2.72. The number of benzene rings is 1. The molecule has 0 aliphatic carbocycles. The van der Waals surface area contributed by atoms with Gasteiger partial charge < -0.3 is 5.32 Å². The van der Waals surface area contributed by atoms with Gasteiger partial charge in [0.05, 0.1) is 0 Å². The summed E-state index contributed by atoms with van der Waals surface area (Å²) >= 11 is 0. The van der Waals surface area contributed by atoms with Crippen LogP contribution in [0.1, 0.15) is 24.5 Å². The lowest BCUT2D eigenvalue weighted by atomic mass is 10.1. The predicted molar refractivity (Wildman–Crippen MR) is 53.1 cm³/mol. The molecule has 0 aromatic heterocycles. The molecule has 14 heavy (non-hydrogen) atoms. The first-order chi connectivity index (χ1) is 6.65. The minimum Gasteiger partial charge on any atom is -0.313 e. The second kappa shape index (κ2) is 5.05. The lowest BCUT2D eigenvalue weighted by Gasteiger charge is -2.06. The van der Waals surface area contributed by atoms with Crippen molar-refractivity contribution < 1.29 is 8.78 Å². The highest BCUT2D eigenvalue weighted by atomic mass is 19.1. The van der Waals surface area contributed by atoms with Crippen molar-refractivity contribution in [3.8, 4) is 0 Å². The Morgan fingerprint density at radius 3 is 2.57 bits per heavy atom. The number of aryl methyl sites for hydroxylation is 1. The van der Waals surface area contributed by atoms with E-state index >= 15 is 0 Å². The van der Waals surface area contributed by atoms with Crippen LogP contribution in [0.2, 0.25) is 0 Å². The monoisotopic (exact) mass is 199 g/mol. The molecule has 0 saturated heterocycles. The van der Waals surface area contributed by atoms with E-state index in [9.17, 15) is 8.78 Å². The Kier molecular flexibility index (Phi) is 4.01. The molecule has 0 bridgehead atoms. The van der Waals surface area contributed by atoms with Crippen molar-refractivity contribution >= 4 is 0 Å². The molecule has 1 aromatic carbocycles. The Bertz CT molecular complexity index is 310. The fraction of sp³-hybridized carbons (Fsp3) is 0.455. The Morgan fingerprint density at radius 2 is 1.93 bits per heavy atom. The van der Waals surface area contributed by atoms with Gasteiger partial charge in [-0.2, -0.15) is 0 Å². The van der Waals surface area contributed by atoms with Crippen molar-refractivity contribution in [1.82, 2.24) is 5.32 Å². The largest absolute Gasteiger partial charge is 0.313 e. The van der Waals surface area contributed by atoms with Crippen LogP contribution < -0.4 is 5.32 Å². The van der Waals surface area contributed by atoms with E-state index in [1.807, 2.05) is 6.92 Å². The molecule has 0 spiro atoms. The first-order valence-corrected chi connectivity index (χ1v) is 4.80. The van der Waals surface area contributed by atoms with Gasteiger partial charge in [-0.15, -0.1) is 0 Å². The molecule has 1 aromatic rings. The molecule has 0 heterocycles. The molecule has 0 aliphatic heterocycles.